The molecule has 0 bridgehead atoms. The maximum absolute atomic E-state index is 12.1. The minimum Gasteiger partial charge on any atom is -0.352 e. The van der Waals surface area contributed by atoms with E-state index in [0.717, 1.165) is 21.8 Å². The molecule has 7 heteroatoms. The molecule has 0 aliphatic carbocycles. The highest BCUT2D eigenvalue weighted by molar-refractivity contribution is 7.13. The van der Waals surface area contributed by atoms with Crippen LogP contribution in [0.25, 0.3) is 10.6 Å². The van der Waals surface area contributed by atoms with Crippen molar-refractivity contribution in [2.45, 2.75) is 13.0 Å². The van der Waals surface area contributed by atoms with Gasteiger partial charge in [0.1, 0.15) is 5.01 Å². The molecule has 0 aliphatic rings. The van der Waals surface area contributed by atoms with Crippen molar-refractivity contribution in [3.05, 3.63) is 69.4 Å². The van der Waals surface area contributed by atoms with Crippen LogP contribution < -0.4 is 5.32 Å². The molecule has 0 radical (unpaired) electrons. The van der Waals surface area contributed by atoms with Gasteiger partial charge in [-0.15, -0.1) is 11.3 Å². The third-order valence-corrected chi connectivity index (χ3v) is 4.82. The fraction of sp³-hybridized carbons (Fsp3) is 0.118. The van der Waals surface area contributed by atoms with Crippen LogP contribution in [0, 0.1) is 0 Å². The number of rotatable bonds is 5. The summed E-state index contributed by atoms with van der Waals surface area (Å²) in [6.07, 6.45) is 3.69. The standard InChI is InChI=1S/C17H13Cl2N3OS/c18-13-4-3-11(15(19)6-13)9-21-16(23)7-14-10-24-17(22-14)12-2-1-5-20-8-12/h1-6,8,10H,7,9H2,(H,21,23). The number of amides is 1. The normalized spacial score (nSPS) is 10.6. The van der Waals surface area contributed by atoms with Crippen molar-refractivity contribution in [2.24, 2.45) is 0 Å². The zero-order chi connectivity index (χ0) is 16.9. The van der Waals surface area contributed by atoms with Gasteiger partial charge in [0.25, 0.3) is 0 Å². The summed E-state index contributed by atoms with van der Waals surface area (Å²) < 4.78 is 0. The molecule has 4 nitrogen and oxygen atoms in total. The number of nitrogens with zero attached hydrogens (tertiary/aromatic N) is 2. The number of benzene rings is 1. The van der Waals surface area contributed by atoms with Gasteiger partial charge in [0.15, 0.2) is 0 Å². The molecule has 3 rings (SSSR count). The third-order valence-electron chi connectivity index (χ3n) is 3.29. The Balaban J connectivity index is 1.58. The number of carbonyl (C=O) groups excluding carboxylic acids is 1. The molecule has 1 N–H and O–H groups in total. The number of pyridine rings is 1. The number of carbonyl (C=O) groups is 1. The summed E-state index contributed by atoms with van der Waals surface area (Å²) in [5.74, 6) is -0.107. The second kappa shape index (κ2) is 7.75. The molecule has 2 aromatic heterocycles. The summed E-state index contributed by atoms with van der Waals surface area (Å²) in [6.45, 7) is 0.356. The molecule has 1 aromatic carbocycles. The average Bonchev–Trinajstić information content (AvgIpc) is 3.03. The largest absolute Gasteiger partial charge is 0.352 e. The monoisotopic (exact) mass is 377 g/mol. The highest BCUT2D eigenvalue weighted by Crippen LogP contribution is 2.23. The van der Waals surface area contributed by atoms with Crippen molar-refractivity contribution in [1.29, 1.82) is 0 Å². The highest BCUT2D eigenvalue weighted by atomic mass is 35.5. The molecule has 0 aliphatic heterocycles. The summed E-state index contributed by atoms with van der Waals surface area (Å²) in [5, 5.41) is 6.69. The number of hydrogen-bond acceptors (Lipinski definition) is 4. The maximum Gasteiger partial charge on any atom is 0.226 e. The van der Waals surface area contributed by atoms with Crippen molar-refractivity contribution in [2.75, 3.05) is 0 Å². The Hall–Kier alpha value is -1.95. The SMILES string of the molecule is O=C(Cc1csc(-c2cccnc2)n1)NCc1ccc(Cl)cc1Cl. The molecule has 24 heavy (non-hydrogen) atoms. The van der Waals surface area contributed by atoms with Crippen LogP contribution in [0.4, 0.5) is 0 Å². The Morgan fingerprint density at radius 3 is 2.88 bits per heavy atom. The topological polar surface area (TPSA) is 54.9 Å². The van der Waals surface area contributed by atoms with Gasteiger partial charge < -0.3 is 5.32 Å². The lowest BCUT2D eigenvalue weighted by Gasteiger charge is -2.06. The predicted molar refractivity (Wildman–Crippen MR) is 97.4 cm³/mol. The summed E-state index contributed by atoms with van der Waals surface area (Å²) in [6, 6.07) is 9.01. The van der Waals surface area contributed by atoms with Crippen molar-refractivity contribution in [3.8, 4) is 10.6 Å². The van der Waals surface area contributed by atoms with E-state index in [1.54, 1.807) is 30.6 Å². The Morgan fingerprint density at radius 1 is 1.25 bits per heavy atom. The quantitative estimate of drug-likeness (QED) is 0.717. The number of nitrogens with one attached hydrogen (secondary N) is 1. The van der Waals surface area contributed by atoms with Crippen molar-refractivity contribution in [1.82, 2.24) is 15.3 Å². The van der Waals surface area contributed by atoms with Crippen molar-refractivity contribution < 1.29 is 4.79 Å². The molecule has 0 unspecified atom stereocenters. The van der Waals surface area contributed by atoms with E-state index in [4.69, 9.17) is 23.2 Å². The first kappa shape index (κ1) is 16.9. The fourth-order valence-corrected chi connectivity index (χ4v) is 3.38. The number of hydrogen-bond donors (Lipinski definition) is 1. The predicted octanol–water partition coefficient (Wildman–Crippen LogP) is 4.37. The van der Waals surface area contributed by atoms with E-state index in [1.807, 2.05) is 17.5 Å². The van der Waals surface area contributed by atoms with Gasteiger partial charge in [-0.05, 0) is 29.8 Å². The lowest BCUT2D eigenvalue weighted by Crippen LogP contribution is -2.24. The second-order valence-electron chi connectivity index (χ2n) is 5.07. The first-order valence-electron chi connectivity index (χ1n) is 7.17. The van der Waals surface area contributed by atoms with Gasteiger partial charge >= 0.3 is 0 Å². The van der Waals surface area contributed by atoms with E-state index in [-0.39, 0.29) is 12.3 Å². The average molecular weight is 378 g/mol. The zero-order valence-corrected chi connectivity index (χ0v) is 14.8. The molecule has 0 saturated heterocycles. The first-order chi connectivity index (χ1) is 11.6. The third kappa shape index (κ3) is 4.32. The maximum atomic E-state index is 12.1. The van der Waals surface area contributed by atoms with Gasteiger partial charge in [-0.3, -0.25) is 9.78 Å². The smallest absolute Gasteiger partial charge is 0.226 e. The molecular weight excluding hydrogens is 365 g/mol. The van der Waals surface area contributed by atoms with Crippen LogP contribution in [0.1, 0.15) is 11.3 Å². The van der Waals surface area contributed by atoms with E-state index in [9.17, 15) is 4.79 Å². The zero-order valence-electron chi connectivity index (χ0n) is 12.5. The van der Waals surface area contributed by atoms with Gasteiger partial charge in [-0.25, -0.2) is 4.98 Å². The molecular formula is C17H13Cl2N3OS. The van der Waals surface area contributed by atoms with Crippen LogP contribution in [0.5, 0.6) is 0 Å². The molecule has 1 amide bonds. The van der Waals surface area contributed by atoms with Crippen LogP contribution in [-0.4, -0.2) is 15.9 Å². The molecule has 122 valence electrons. The van der Waals surface area contributed by atoms with E-state index in [2.05, 4.69) is 15.3 Å². The summed E-state index contributed by atoms with van der Waals surface area (Å²) in [4.78, 5) is 20.6. The van der Waals surface area contributed by atoms with Gasteiger partial charge in [0, 0.05) is 39.9 Å². The Labute approximate surface area is 153 Å². The lowest BCUT2D eigenvalue weighted by atomic mass is 10.2. The molecule has 0 saturated carbocycles. The molecule has 0 fully saturated rings. The van der Waals surface area contributed by atoms with E-state index < -0.39 is 0 Å². The van der Waals surface area contributed by atoms with E-state index >= 15 is 0 Å². The minimum atomic E-state index is -0.107. The minimum absolute atomic E-state index is 0.107. The van der Waals surface area contributed by atoms with Crippen LogP contribution in [0.2, 0.25) is 10.0 Å². The number of aromatic nitrogens is 2. The Kier molecular flexibility index (Phi) is 5.45. The molecule has 0 atom stereocenters. The van der Waals surface area contributed by atoms with Gasteiger partial charge in [0.05, 0.1) is 12.1 Å². The van der Waals surface area contributed by atoms with E-state index in [0.29, 0.717) is 16.6 Å². The Bertz CT molecular complexity index is 852. The van der Waals surface area contributed by atoms with Crippen molar-refractivity contribution >= 4 is 40.4 Å². The summed E-state index contributed by atoms with van der Waals surface area (Å²) in [5.41, 5.74) is 2.50. The summed E-state index contributed by atoms with van der Waals surface area (Å²) >= 11 is 13.4. The van der Waals surface area contributed by atoms with Crippen molar-refractivity contribution in [3.63, 3.8) is 0 Å². The molecule has 2 heterocycles. The fourth-order valence-electron chi connectivity index (χ4n) is 2.10. The number of halogens is 2. The van der Waals surface area contributed by atoms with Gasteiger partial charge in [-0.2, -0.15) is 0 Å². The number of thiazole rings is 1. The van der Waals surface area contributed by atoms with Gasteiger partial charge in [-0.1, -0.05) is 29.3 Å². The molecule has 0 spiro atoms. The van der Waals surface area contributed by atoms with Gasteiger partial charge in [0.2, 0.25) is 5.91 Å². The first-order valence-corrected chi connectivity index (χ1v) is 8.81. The van der Waals surface area contributed by atoms with Crippen LogP contribution in [0.15, 0.2) is 48.1 Å². The highest BCUT2D eigenvalue weighted by Gasteiger charge is 2.10. The Morgan fingerprint density at radius 2 is 2.12 bits per heavy atom. The summed E-state index contributed by atoms with van der Waals surface area (Å²) in [7, 11) is 0. The van der Waals surface area contributed by atoms with Crippen LogP contribution >= 0.6 is 34.5 Å². The van der Waals surface area contributed by atoms with Crippen LogP contribution in [-0.2, 0) is 17.8 Å². The lowest BCUT2D eigenvalue weighted by molar-refractivity contribution is -0.120. The van der Waals surface area contributed by atoms with E-state index in [1.165, 1.54) is 11.3 Å². The van der Waals surface area contributed by atoms with Crippen LogP contribution in [0.3, 0.4) is 0 Å². The second-order valence-corrected chi connectivity index (χ2v) is 6.78. The molecule has 3 aromatic rings.